The average molecular weight is 367 g/mol. The first-order chi connectivity index (χ1) is 13.2. The summed E-state index contributed by atoms with van der Waals surface area (Å²) < 4.78 is 12.0. The van der Waals surface area contributed by atoms with Crippen molar-refractivity contribution in [1.82, 2.24) is 9.80 Å². The number of hydrogen-bond acceptors (Lipinski definition) is 4. The van der Waals surface area contributed by atoms with Crippen molar-refractivity contribution in [3.05, 3.63) is 71.8 Å². The Morgan fingerprint density at radius 3 is 1.41 bits per heavy atom. The van der Waals surface area contributed by atoms with E-state index >= 15 is 0 Å². The van der Waals surface area contributed by atoms with Gasteiger partial charge in [-0.15, -0.1) is 0 Å². The van der Waals surface area contributed by atoms with Crippen LogP contribution in [-0.2, 0) is 22.6 Å². The van der Waals surface area contributed by atoms with Crippen molar-refractivity contribution in [3.8, 4) is 0 Å². The molecule has 2 heterocycles. The fourth-order valence-corrected chi connectivity index (χ4v) is 5.04. The van der Waals surface area contributed by atoms with E-state index in [9.17, 15) is 0 Å². The number of piperidine rings is 2. The Balaban J connectivity index is 1.50. The molecule has 2 saturated heterocycles. The van der Waals surface area contributed by atoms with Crippen LogP contribution in [0.15, 0.2) is 60.7 Å². The SMILES string of the molecule is COC1(OC)C2CN(Cc3ccccc3)CC1CN(Cc1ccccc1)C2. The van der Waals surface area contributed by atoms with Gasteiger partial charge in [-0.3, -0.25) is 9.80 Å². The van der Waals surface area contributed by atoms with E-state index in [4.69, 9.17) is 9.47 Å². The quantitative estimate of drug-likeness (QED) is 0.733. The smallest absolute Gasteiger partial charge is 0.178 e. The molecule has 0 N–H and O–H groups in total. The molecule has 4 heteroatoms. The third-order valence-electron chi connectivity index (χ3n) is 6.19. The molecule has 2 fully saturated rings. The molecule has 0 radical (unpaired) electrons. The number of fused-ring (bicyclic) bond motifs is 2. The molecule has 0 aliphatic carbocycles. The van der Waals surface area contributed by atoms with Crippen LogP contribution in [0.25, 0.3) is 0 Å². The van der Waals surface area contributed by atoms with E-state index in [1.165, 1.54) is 11.1 Å². The van der Waals surface area contributed by atoms with Crippen molar-refractivity contribution < 1.29 is 9.47 Å². The van der Waals surface area contributed by atoms with Crippen LogP contribution in [0.2, 0.25) is 0 Å². The minimum Gasteiger partial charge on any atom is -0.352 e. The molecule has 4 rings (SSSR count). The maximum atomic E-state index is 6.02. The minimum atomic E-state index is -0.458. The fourth-order valence-electron chi connectivity index (χ4n) is 5.04. The number of methoxy groups -OCH3 is 2. The molecule has 4 nitrogen and oxygen atoms in total. The molecule has 0 saturated carbocycles. The van der Waals surface area contributed by atoms with Gasteiger partial charge in [0.1, 0.15) is 0 Å². The standard InChI is InChI=1S/C23H30N2O2/c1-26-23(27-2)21-15-24(13-19-9-5-3-6-10-19)16-22(23)18-25(17-21)14-20-11-7-4-8-12-20/h3-12,21-22H,13-18H2,1-2H3. The van der Waals surface area contributed by atoms with Crippen LogP contribution in [0, 0.1) is 11.8 Å². The second kappa shape index (κ2) is 8.11. The summed E-state index contributed by atoms with van der Waals surface area (Å²) in [4.78, 5) is 5.14. The normalized spacial score (nSPS) is 25.4. The van der Waals surface area contributed by atoms with Gasteiger partial charge in [-0.25, -0.2) is 0 Å². The topological polar surface area (TPSA) is 24.9 Å². The maximum Gasteiger partial charge on any atom is 0.178 e. The van der Waals surface area contributed by atoms with Crippen molar-refractivity contribution >= 4 is 0 Å². The lowest BCUT2D eigenvalue weighted by Gasteiger charge is -2.56. The number of nitrogens with zero attached hydrogens (tertiary/aromatic N) is 2. The van der Waals surface area contributed by atoms with E-state index < -0.39 is 5.79 Å². The third-order valence-corrected chi connectivity index (χ3v) is 6.19. The summed E-state index contributed by atoms with van der Waals surface area (Å²) in [5.41, 5.74) is 2.75. The van der Waals surface area contributed by atoms with Gasteiger partial charge in [0.2, 0.25) is 0 Å². The van der Waals surface area contributed by atoms with Gasteiger partial charge in [-0.1, -0.05) is 60.7 Å². The third kappa shape index (κ3) is 3.81. The zero-order valence-electron chi connectivity index (χ0n) is 16.4. The molecule has 144 valence electrons. The summed E-state index contributed by atoms with van der Waals surface area (Å²) in [5, 5.41) is 0. The Morgan fingerprint density at radius 1 is 0.704 bits per heavy atom. The molecule has 2 aliphatic heterocycles. The molecular weight excluding hydrogens is 336 g/mol. The zero-order chi connectivity index (χ0) is 18.7. The van der Waals surface area contributed by atoms with Crippen LogP contribution >= 0.6 is 0 Å². The van der Waals surface area contributed by atoms with Crippen molar-refractivity contribution in [1.29, 1.82) is 0 Å². The summed E-state index contributed by atoms with van der Waals surface area (Å²) in [6, 6.07) is 21.5. The van der Waals surface area contributed by atoms with Crippen molar-refractivity contribution in [3.63, 3.8) is 0 Å². The summed E-state index contributed by atoms with van der Waals surface area (Å²) in [7, 11) is 3.62. The van der Waals surface area contributed by atoms with Crippen LogP contribution in [0.1, 0.15) is 11.1 Å². The second-order valence-electron chi connectivity index (χ2n) is 7.88. The van der Waals surface area contributed by atoms with E-state index in [1.54, 1.807) is 0 Å². The van der Waals surface area contributed by atoms with Crippen LogP contribution in [0.3, 0.4) is 0 Å². The molecule has 0 amide bonds. The summed E-state index contributed by atoms with van der Waals surface area (Å²) in [6.07, 6.45) is 0. The highest BCUT2D eigenvalue weighted by Gasteiger charge is 2.54. The van der Waals surface area contributed by atoms with Gasteiger partial charge in [0.25, 0.3) is 0 Å². The Hall–Kier alpha value is -1.72. The van der Waals surface area contributed by atoms with Gasteiger partial charge in [0.15, 0.2) is 5.79 Å². The van der Waals surface area contributed by atoms with E-state index in [2.05, 4.69) is 70.5 Å². The molecule has 2 bridgehead atoms. The molecule has 2 aliphatic rings. The van der Waals surface area contributed by atoms with Crippen molar-refractivity contribution in [2.45, 2.75) is 18.9 Å². The van der Waals surface area contributed by atoms with Gasteiger partial charge in [0.05, 0.1) is 0 Å². The lowest BCUT2D eigenvalue weighted by atomic mass is 9.77. The molecule has 27 heavy (non-hydrogen) atoms. The van der Waals surface area contributed by atoms with Crippen LogP contribution in [-0.4, -0.2) is 56.0 Å². The molecule has 0 spiro atoms. The first-order valence-corrected chi connectivity index (χ1v) is 9.86. The van der Waals surface area contributed by atoms with Crippen molar-refractivity contribution in [2.75, 3.05) is 40.4 Å². The highest BCUT2D eigenvalue weighted by atomic mass is 16.7. The second-order valence-corrected chi connectivity index (χ2v) is 7.88. The number of rotatable bonds is 6. The average Bonchev–Trinajstić information content (AvgIpc) is 2.69. The highest BCUT2D eigenvalue weighted by molar-refractivity contribution is 5.16. The lowest BCUT2D eigenvalue weighted by Crippen LogP contribution is -2.68. The van der Waals surface area contributed by atoms with Gasteiger partial charge in [-0.2, -0.15) is 0 Å². The number of likely N-dealkylation sites (tertiary alicyclic amines) is 2. The predicted molar refractivity (Wildman–Crippen MR) is 107 cm³/mol. The number of hydrogen-bond donors (Lipinski definition) is 0. The molecule has 0 unspecified atom stereocenters. The van der Waals surface area contributed by atoms with E-state index in [-0.39, 0.29) is 0 Å². The lowest BCUT2D eigenvalue weighted by molar-refractivity contribution is -0.310. The Morgan fingerprint density at radius 2 is 1.07 bits per heavy atom. The first kappa shape index (κ1) is 18.6. The monoisotopic (exact) mass is 366 g/mol. The Labute approximate surface area is 162 Å². The number of ether oxygens (including phenoxy) is 2. The minimum absolute atomic E-state index is 0.340. The Kier molecular flexibility index (Phi) is 5.60. The molecule has 0 aromatic heterocycles. The van der Waals surface area contributed by atoms with Gasteiger partial charge in [0, 0.05) is 65.3 Å². The largest absolute Gasteiger partial charge is 0.352 e. The number of benzene rings is 2. The molecule has 2 aromatic rings. The van der Waals surface area contributed by atoms with E-state index in [0.717, 1.165) is 39.3 Å². The van der Waals surface area contributed by atoms with Crippen LogP contribution in [0.5, 0.6) is 0 Å². The van der Waals surface area contributed by atoms with Gasteiger partial charge in [-0.05, 0) is 11.1 Å². The predicted octanol–water partition coefficient (Wildman–Crippen LogP) is 3.24. The zero-order valence-corrected chi connectivity index (χ0v) is 16.4. The molecule has 0 atom stereocenters. The van der Waals surface area contributed by atoms with E-state index in [1.807, 2.05) is 14.2 Å². The summed E-state index contributed by atoms with van der Waals surface area (Å²) >= 11 is 0. The van der Waals surface area contributed by atoms with Gasteiger partial charge < -0.3 is 9.47 Å². The fraction of sp³-hybridized carbons (Fsp3) is 0.478. The van der Waals surface area contributed by atoms with E-state index in [0.29, 0.717) is 11.8 Å². The van der Waals surface area contributed by atoms with Gasteiger partial charge >= 0.3 is 0 Å². The molecular formula is C23H30N2O2. The maximum absolute atomic E-state index is 6.02. The molecule has 2 aromatic carbocycles. The first-order valence-electron chi connectivity index (χ1n) is 9.86. The summed E-state index contributed by atoms with van der Waals surface area (Å²) in [5.74, 6) is 0.222. The van der Waals surface area contributed by atoms with Crippen LogP contribution < -0.4 is 0 Å². The highest BCUT2D eigenvalue weighted by Crippen LogP contribution is 2.41. The van der Waals surface area contributed by atoms with Crippen LogP contribution in [0.4, 0.5) is 0 Å². The van der Waals surface area contributed by atoms with Crippen molar-refractivity contribution in [2.24, 2.45) is 11.8 Å². The Bertz CT molecular complexity index is 646. The summed E-state index contributed by atoms with van der Waals surface area (Å²) in [6.45, 7) is 5.99.